The van der Waals surface area contributed by atoms with E-state index < -0.39 is 0 Å². The van der Waals surface area contributed by atoms with Crippen LogP contribution >= 0.6 is 23.5 Å². The molecule has 4 rings (SSSR count). The van der Waals surface area contributed by atoms with Crippen molar-refractivity contribution in [3.63, 3.8) is 0 Å². The normalized spacial score (nSPS) is 32.3. The van der Waals surface area contributed by atoms with Crippen molar-refractivity contribution in [2.75, 3.05) is 18.1 Å². The number of ether oxygens (including phenoxy) is 3. The van der Waals surface area contributed by atoms with Crippen LogP contribution in [-0.4, -0.2) is 36.6 Å². The molecule has 3 aliphatic heterocycles. The Morgan fingerprint density at radius 2 is 1.90 bits per heavy atom. The van der Waals surface area contributed by atoms with Crippen molar-refractivity contribution in [1.82, 2.24) is 0 Å². The Labute approximate surface area is 127 Å². The number of benzene rings is 1. The van der Waals surface area contributed by atoms with E-state index >= 15 is 0 Å². The van der Waals surface area contributed by atoms with Crippen molar-refractivity contribution in [3.8, 4) is 0 Å². The van der Waals surface area contributed by atoms with Crippen molar-refractivity contribution in [2.24, 2.45) is 0 Å². The van der Waals surface area contributed by atoms with Gasteiger partial charge in [-0.2, -0.15) is 0 Å². The van der Waals surface area contributed by atoms with Gasteiger partial charge in [0, 0.05) is 16.4 Å². The molecule has 1 aromatic rings. The van der Waals surface area contributed by atoms with Gasteiger partial charge in [0.05, 0.1) is 18.1 Å². The van der Waals surface area contributed by atoms with Gasteiger partial charge in [-0.1, -0.05) is 30.3 Å². The monoisotopic (exact) mass is 308 g/mol. The summed E-state index contributed by atoms with van der Waals surface area (Å²) in [6.07, 6.45) is -0.0557. The number of hydrogen-bond donors (Lipinski definition) is 0. The molecule has 20 heavy (non-hydrogen) atoms. The van der Waals surface area contributed by atoms with E-state index in [-0.39, 0.29) is 18.5 Å². The summed E-state index contributed by atoms with van der Waals surface area (Å²) in [6.45, 7) is 1.26. The molecule has 3 aliphatic rings. The highest BCUT2D eigenvalue weighted by molar-refractivity contribution is 8.10. The third kappa shape index (κ3) is 2.42. The van der Waals surface area contributed by atoms with E-state index in [2.05, 4.69) is 12.1 Å². The lowest BCUT2D eigenvalue weighted by atomic mass is 10.1. The maximum Gasteiger partial charge on any atom is 0.191 e. The van der Waals surface area contributed by atoms with E-state index in [0.717, 1.165) is 11.5 Å². The number of hydrogen-bond acceptors (Lipinski definition) is 5. The highest BCUT2D eigenvalue weighted by atomic mass is 32.2. The fraction of sp³-hybridized carbons (Fsp3) is 0.467. The van der Waals surface area contributed by atoms with E-state index in [1.54, 1.807) is 0 Å². The third-order valence-corrected chi connectivity index (χ3v) is 6.32. The molecule has 2 bridgehead atoms. The second-order valence-electron chi connectivity index (χ2n) is 4.98. The average Bonchev–Trinajstić information content (AvgIpc) is 2.94. The van der Waals surface area contributed by atoms with Gasteiger partial charge in [0.2, 0.25) is 0 Å². The van der Waals surface area contributed by atoms with Crippen molar-refractivity contribution < 1.29 is 14.2 Å². The molecule has 0 spiro atoms. The molecule has 0 aliphatic carbocycles. The van der Waals surface area contributed by atoms with Gasteiger partial charge in [-0.3, -0.25) is 0 Å². The van der Waals surface area contributed by atoms with Gasteiger partial charge >= 0.3 is 0 Å². The van der Waals surface area contributed by atoms with Crippen LogP contribution in [0.15, 0.2) is 40.1 Å². The predicted octanol–water partition coefficient (Wildman–Crippen LogP) is 3.02. The summed E-state index contributed by atoms with van der Waals surface area (Å²) in [5.41, 5.74) is 1.20. The maximum absolute atomic E-state index is 6.17. The van der Waals surface area contributed by atoms with Crippen LogP contribution in [0.3, 0.4) is 0 Å². The molecule has 1 saturated heterocycles. The maximum atomic E-state index is 6.17. The second kappa shape index (κ2) is 5.73. The Morgan fingerprint density at radius 3 is 2.75 bits per heavy atom. The Balaban J connectivity index is 1.54. The van der Waals surface area contributed by atoms with E-state index in [1.165, 1.54) is 15.4 Å². The molecule has 3 nitrogen and oxygen atoms in total. The topological polar surface area (TPSA) is 27.7 Å². The molecule has 1 aromatic carbocycles. The molecule has 0 radical (unpaired) electrons. The summed E-state index contributed by atoms with van der Waals surface area (Å²) < 4.78 is 17.8. The summed E-state index contributed by atoms with van der Waals surface area (Å²) in [5, 5.41) is 0. The van der Waals surface area contributed by atoms with Gasteiger partial charge in [-0.05, 0) is 5.56 Å². The Bertz CT molecular complexity index is 517. The molecule has 0 unspecified atom stereocenters. The average molecular weight is 308 g/mol. The predicted molar refractivity (Wildman–Crippen MR) is 81.6 cm³/mol. The van der Waals surface area contributed by atoms with Crippen molar-refractivity contribution in [2.45, 2.75) is 25.1 Å². The van der Waals surface area contributed by atoms with Crippen LogP contribution in [0.1, 0.15) is 5.56 Å². The molecule has 0 N–H and O–H groups in total. The first kappa shape index (κ1) is 13.2. The fourth-order valence-corrected chi connectivity index (χ4v) is 5.28. The second-order valence-corrected chi connectivity index (χ2v) is 7.26. The van der Waals surface area contributed by atoms with Gasteiger partial charge in [-0.15, -0.1) is 23.5 Å². The van der Waals surface area contributed by atoms with E-state index in [9.17, 15) is 0 Å². The van der Waals surface area contributed by atoms with Crippen molar-refractivity contribution in [1.29, 1.82) is 0 Å². The molecule has 0 amide bonds. The summed E-state index contributed by atoms with van der Waals surface area (Å²) in [7, 11) is 0. The minimum atomic E-state index is -0.135. The largest absolute Gasteiger partial charge is 0.365 e. The molecule has 0 saturated carbocycles. The zero-order valence-corrected chi connectivity index (χ0v) is 12.6. The smallest absolute Gasteiger partial charge is 0.191 e. The highest BCUT2D eigenvalue weighted by Crippen LogP contribution is 2.47. The Kier molecular flexibility index (Phi) is 3.79. The Morgan fingerprint density at radius 1 is 1.10 bits per heavy atom. The fourth-order valence-electron chi connectivity index (χ4n) is 2.68. The third-order valence-electron chi connectivity index (χ3n) is 3.63. The molecule has 0 aromatic heterocycles. The number of fused-ring (bicyclic) bond motifs is 3. The van der Waals surface area contributed by atoms with Crippen molar-refractivity contribution >= 4 is 23.5 Å². The number of rotatable bonds is 3. The first-order chi connectivity index (χ1) is 9.92. The van der Waals surface area contributed by atoms with E-state index in [1.807, 2.05) is 41.7 Å². The summed E-state index contributed by atoms with van der Waals surface area (Å²) >= 11 is 3.77. The summed E-state index contributed by atoms with van der Waals surface area (Å²) in [4.78, 5) is 2.59. The lowest BCUT2D eigenvalue weighted by molar-refractivity contribution is -0.0788. The number of thioether (sulfide) groups is 2. The van der Waals surface area contributed by atoms with Crippen LogP contribution in [0.4, 0.5) is 0 Å². The molecule has 3 atom stereocenters. The van der Waals surface area contributed by atoms with Gasteiger partial charge in [0.25, 0.3) is 0 Å². The first-order valence-corrected chi connectivity index (χ1v) is 8.81. The molecular weight excluding hydrogens is 292 g/mol. The SMILES string of the molecule is c1ccc(CO[C@H]2C3=C(SCCS3)[C@H]3OC[C@@H]2O3)cc1. The van der Waals surface area contributed by atoms with Crippen molar-refractivity contribution in [3.05, 3.63) is 45.7 Å². The standard InChI is InChI=1S/C15H16O3S2/c1-2-4-10(5-3-1)8-16-12-11-9-17-15(18-11)14-13(12)19-6-7-20-14/h1-5,11-12,15H,6-9H2/t11-,12+,15-/m0/s1. The quantitative estimate of drug-likeness (QED) is 0.856. The van der Waals surface area contributed by atoms with Gasteiger partial charge in [0.15, 0.2) is 6.29 Å². The minimum Gasteiger partial charge on any atom is -0.365 e. The van der Waals surface area contributed by atoms with Crippen LogP contribution in [-0.2, 0) is 20.8 Å². The molecule has 106 valence electrons. The van der Waals surface area contributed by atoms with Crippen LogP contribution < -0.4 is 0 Å². The van der Waals surface area contributed by atoms with Crippen LogP contribution in [0.25, 0.3) is 0 Å². The zero-order valence-electron chi connectivity index (χ0n) is 11.0. The van der Waals surface area contributed by atoms with E-state index in [0.29, 0.717) is 13.2 Å². The van der Waals surface area contributed by atoms with Crippen LogP contribution in [0.2, 0.25) is 0 Å². The lowest BCUT2D eigenvalue weighted by Crippen LogP contribution is -2.37. The van der Waals surface area contributed by atoms with Gasteiger partial charge in [0.1, 0.15) is 12.2 Å². The van der Waals surface area contributed by atoms with Crippen LogP contribution in [0.5, 0.6) is 0 Å². The highest BCUT2D eigenvalue weighted by Gasteiger charge is 2.45. The first-order valence-electron chi connectivity index (χ1n) is 6.84. The molecule has 3 heterocycles. The summed E-state index contributed by atoms with van der Waals surface area (Å²) in [6, 6.07) is 10.3. The molecule has 5 heteroatoms. The lowest BCUT2D eigenvalue weighted by Gasteiger charge is -2.34. The summed E-state index contributed by atoms with van der Waals surface area (Å²) in [5.74, 6) is 2.27. The van der Waals surface area contributed by atoms with Crippen LogP contribution in [0, 0.1) is 0 Å². The Hall–Kier alpha value is -0.460. The van der Waals surface area contributed by atoms with E-state index in [4.69, 9.17) is 14.2 Å². The minimum absolute atomic E-state index is 0.0294. The van der Waals surface area contributed by atoms with Gasteiger partial charge in [-0.25, -0.2) is 0 Å². The zero-order chi connectivity index (χ0) is 13.4. The molecular formula is C15H16O3S2. The van der Waals surface area contributed by atoms with Gasteiger partial charge < -0.3 is 14.2 Å². The molecule has 1 fully saturated rings.